The van der Waals surface area contributed by atoms with Crippen molar-refractivity contribution >= 4 is 5.97 Å². The summed E-state index contributed by atoms with van der Waals surface area (Å²) in [6.07, 6.45) is 6.26. The van der Waals surface area contributed by atoms with Crippen LogP contribution < -0.4 is 0 Å². The molecule has 0 radical (unpaired) electrons. The third-order valence-electron chi connectivity index (χ3n) is 3.19. The Bertz CT molecular complexity index is 369. The van der Waals surface area contributed by atoms with Crippen molar-refractivity contribution in [3.63, 3.8) is 0 Å². The molecule has 2 unspecified atom stereocenters. The first-order chi connectivity index (χ1) is 7.35. The molecular formula is C14H20O2. The molecule has 2 rings (SSSR count). The van der Waals surface area contributed by atoms with Gasteiger partial charge in [-0.15, -0.1) is 0 Å². The zero-order valence-electron chi connectivity index (χ0n) is 10.5. The average Bonchev–Trinajstić information content (AvgIpc) is 2.36. The Kier molecular flexibility index (Phi) is 2.69. The number of hydrogen-bond donors (Lipinski definition) is 0. The van der Waals surface area contributed by atoms with Gasteiger partial charge in [0, 0.05) is 12.0 Å². The Morgan fingerprint density at radius 1 is 1.44 bits per heavy atom. The average molecular weight is 220 g/mol. The van der Waals surface area contributed by atoms with E-state index in [-0.39, 0.29) is 5.97 Å². The fraction of sp³-hybridized carbons (Fsp3) is 0.643. The Labute approximate surface area is 97.4 Å². The number of fused-ring (bicyclic) bond motifs is 1. The van der Waals surface area contributed by atoms with Crippen LogP contribution in [0.1, 0.15) is 40.5 Å². The third kappa shape index (κ3) is 2.37. The van der Waals surface area contributed by atoms with Crippen LogP contribution in [0.3, 0.4) is 0 Å². The van der Waals surface area contributed by atoms with Gasteiger partial charge in [-0.3, -0.25) is 0 Å². The van der Waals surface area contributed by atoms with Gasteiger partial charge in [0.05, 0.1) is 0 Å². The normalized spacial score (nSPS) is 30.8. The van der Waals surface area contributed by atoms with E-state index in [1.54, 1.807) is 6.08 Å². The van der Waals surface area contributed by atoms with Gasteiger partial charge in [-0.05, 0) is 46.5 Å². The van der Waals surface area contributed by atoms with Crippen LogP contribution in [0.5, 0.6) is 0 Å². The van der Waals surface area contributed by atoms with Crippen molar-refractivity contribution < 1.29 is 9.53 Å². The molecular weight excluding hydrogens is 200 g/mol. The van der Waals surface area contributed by atoms with Gasteiger partial charge in [0.1, 0.15) is 5.60 Å². The van der Waals surface area contributed by atoms with E-state index >= 15 is 0 Å². The maximum Gasteiger partial charge on any atom is 0.331 e. The van der Waals surface area contributed by atoms with E-state index in [9.17, 15) is 4.79 Å². The van der Waals surface area contributed by atoms with Crippen LogP contribution >= 0.6 is 0 Å². The predicted molar refractivity (Wildman–Crippen MR) is 63.9 cm³/mol. The van der Waals surface area contributed by atoms with E-state index < -0.39 is 5.60 Å². The molecule has 2 nitrogen and oxygen atoms in total. The highest BCUT2D eigenvalue weighted by atomic mass is 16.6. The lowest BCUT2D eigenvalue weighted by molar-refractivity contribution is -0.148. The second-order valence-electron chi connectivity index (χ2n) is 5.96. The number of carbonyl (C=O) groups is 1. The molecule has 2 heteroatoms. The topological polar surface area (TPSA) is 26.3 Å². The summed E-state index contributed by atoms with van der Waals surface area (Å²) in [6.45, 7) is 7.86. The van der Waals surface area contributed by atoms with Crippen LogP contribution in [0.4, 0.5) is 0 Å². The maximum absolute atomic E-state index is 11.6. The van der Waals surface area contributed by atoms with Gasteiger partial charge in [-0.1, -0.05) is 17.2 Å². The number of hydrogen-bond acceptors (Lipinski definition) is 2. The second-order valence-corrected chi connectivity index (χ2v) is 5.96. The van der Waals surface area contributed by atoms with Crippen molar-refractivity contribution in [2.24, 2.45) is 11.8 Å². The Morgan fingerprint density at radius 2 is 2.12 bits per heavy atom. The molecule has 2 aliphatic rings. The van der Waals surface area contributed by atoms with Crippen molar-refractivity contribution in [1.82, 2.24) is 0 Å². The van der Waals surface area contributed by atoms with Crippen molar-refractivity contribution in [3.8, 4) is 0 Å². The maximum atomic E-state index is 11.6. The molecule has 0 aromatic heterocycles. The summed E-state index contributed by atoms with van der Waals surface area (Å²) in [7, 11) is 0. The molecule has 0 N–H and O–H groups in total. The van der Waals surface area contributed by atoms with E-state index in [1.165, 1.54) is 17.6 Å². The molecule has 1 saturated carbocycles. The molecule has 1 fully saturated rings. The predicted octanol–water partition coefficient (Wildman–Crippen LogP) is 3.24. The van der Waals surface area contributed by atoms with Crippen molar-refractivity contribution in [2.45, 2.75) is 46.1 Å². The van der Waals surface area contributed by atoms with Gasteiger partial charge in [0.2, 0.25) is 0 Å². The molecule has 0 amide bonds. The molecule has 0 saturated heterocycles. The summed E-state index contributed by atoms with van der Waals surface area (Å²) in [4.78, 5) is 11.6. The Balaban J connectivity index is 1.97. The summed E-state index contributed by atoms with van der Waals surface area (Å²) < 4.78 is 5.28. The molecule has 2 aliphatic carbocycles. The summed E-state index contributed by atoms with van der Waals surface area (Å²) in [5.41, 5.74) is 2.32. The number of allylic oxidation sites excluding steroid dienone is 3. The standard InChI is InChI=1S/C14H20O2/c1-9-5-10-7-11(12(10)6-9)8-13(15)16-14(2,3)4/h6,8,10,12H,5,7H2,1-4H3/b11-8-. The molecule has 0 aromatic carbocycles. The van der Waals surface area contributed by atoms with E-state index in [1.807, 2.05) is 20.8 Å². The van der Waals surface area contributed by atoms with Crippen LogP contribution in [-0.2, 0) is 9.53 Å². The number of esters is 1. The quantitative estimate of drug-likeness (QED) is 0.385. The lowest BCUT2D eigenvalue weighted by Gasteiger charge is -2.33. The molecule has 2 atom stereocenters. The Morgan fingerprint density at radius 3 is 2.69 bits per heavy atom. The third-order valence-corrected chi connectivity index (χ3v) is 3.19. The molecule has 16 heavy (non-hydrogen) atoms. The van der Waals surface area contributed by atoms with Crippen LogP contribution in [0.15, 0.2) is 23.3 Å². The zero-order chi connectivity index (χ0) is 11.9. The van der Waals surface area contributed by atoms with Gasteiger partial charge < -0.3 is 4.74 Å². The lowest BCUT2D eigenvalue weighted by atomic mass is 9.71. The Hall–Kier alpha value is -1.05. The van der Waals surface area contributed by atoms with Gasteiger partial charge in [-0.2, -0.15) is 0 Å². The largest absolute Gasteiger partial charge is 0.457 e. The van der Waals surface area contributed by atoms with Gasteiger partial charge in [0.25, 0.3) is 0 Å². The fourth-order valence-corrected chi connectivity index (χ4v) is 2.58. The summed E-state index contributed by atoms with van der Waals surface area (Å²) in [5, 5.41) is 0. The lowest BCUT2D eigenvalue weighted by Crippen LogP contribution is -2.27. The highest BCUT2D eigenvalue weighted by molar-refractivity contribution is 5.83. The summed E-state index contributed by atoms with van der Waals surface area (Å²) in [6, 6.07) is 0. The van der Waals surface area contributed by atoms with E-state index in [4.69, 9.17) is 4.74 Å². The van der Waals surface area contributed by atoms with Crippen molar-refractivity contribution in [1.29, 1.82) is 0 Å². The van der Waals surface area contributed by atoms with Gasteiger partial charge in [0.15, 0.2) is 0 Å². The van der Waals surface area contributed by atoms with Gasteiger partial charge in [-0.25, -0.2) is 4.79 Å². The SMILES string of the molecule is CC1=CC2/C(=C\C(=O)OC(C)(C)C)CC2C1. The number of ether oxygens (including phenoxy) is 1. The summed E-state index contributed by atoms with van der Waals surface area (Å²) in [5.74, 6) is 1.08. The zero-order valence-corrected chi connectivity index (χ0v) is 10.5. The number of rotatable bonds is 1. The molecule has 0 spiro atoms. The fourth-order valence-electron chi connectivity index (χ4n) is 2.58. The molecule has 0 aliphatic heterocycles. The van der Waals surface area contributed by atoms with Crippen molar-refractivity contribution in [3.05, 3.63) is 23.3 Å². The molecule has 88 valence electrons. The first kappa shape index (κ1) is 11.4. The molecule has 0 bridgehead atoms. The minimum atomic E-state index is -0.390. The highest BCUT2D eigenvalue weighted by Crippen LogP contribution is 2.49. The highest BCUT2D eigenvalue weighted by Gasteiger charge is 2.38. The molecule has 0 heterocycles. The minimum Gasteiger partial charge on any atom is -0.457 e. The van der Waals surface area contributed by atoms with Gasteiger partial charge >= 0.3 is 5.97 Å². The van der Waals surface area contributed by atoms with E-state index in [0.717, 1.165) is 12.3 Å². The van der Waals surface area contributed by atoms with E-state index in [0.29, 0.717) is 5.92 Å². The number of carbonyl (C=O) groups excluding carboxylic acids is 1. The second kappa shape index (κ2) is 3.76. The first-order valence-corrected chi connectivity index (χ1v) is 5.96. The summed E-state index contributed by atoms with van der Waals surface area (Å²) >= 11 is 0. The van der Waals surface area contributed by atoms with E-state index in [2.05, 4.69) is 13.0 Å². The van der Waals surface area contributed by atoms with Crippen molar-refractivity contribution in [2.75, 3.05) is 0 Å². The van der Waals surface area contributed by atoms with Crippen LogP contribution in [-0.4, -0.2) is 11.6 Å². The van der Waals surface area contributed by atoms with Crippen LogP contribution in [0.25, 0.3) is 0 Å². The first-order valence-electron chi connectivity index (χ1n) is 5.96. The van der Waals surface area contributed by atoms with Crippen LogP contribution in [0, 0.1) is 11.8 Å². The molecule has 0 aromatic rings. The minimum absolute atomic E-state index is 0.195. The smallest absolute Gasteiger partial charge is 0.331 e. The van der Waals surface area contributed by atoms with Crippen LogP contribution in [0.2, 0.25) is 0 Å². The monoisotopic (exact) mass is 220 g/mol.